The van der Waals surface area contributed by atoms with Crippen LogP contribution in [0.3, 0.4) is 0 Å². The molecule has 0 aliphatic carbocycles. The molecule has 0 saturated carbocycles. The van der Waals surface area contributed by atoms with Crippen LogP contribution in [0.1, 0.15) is 18.1 Å². The van der Waals surface area contributed by atoms with Crippen molar-refractivity contribution in [3.63, 3.8) is 0 Å². The molecule has 2 rings (SSSR count). The fraction of sp³-hybridized carbons (Fsp3) is 0.250. The third-order valence-electron chi connectivity index (χ3n) is 2.52. The minimum atomic E-state index is -0.448. The molecule has 0 fully saturated rings. The maximum absolute atomic E-state index is 11.3. The van der Waals surface area contributed by atoms with E-state index < -0.39 is 5.63 Å². The summed E-state index contributed by atoms with van der Waals surface area (Å²) in [7, 11) is 0. The Morgan fingerprint density at radius 3 is 2.69 bits per heavy atom. The lowest BCUT2D eigenvalue weighted by molar-refractivity contribution is 0.472. The lowest BCUT2D eigenvalue weighted by atomic mass is 10.0. The van der Waals surface area contributed by atoms with Crippen LogP contribution in [0.2, 0.25) is 0 Å². The molecule has 3 nitrogen and oxygen atoms in total. The maximum atomic E-state index is 11.3. The molecule has 0 bridgehead atoms. The van der Waals surface area contributed by atoms with Crippen LogP contribution in [0.5, 0.6) is 5.75 Å². The minimum Gasteiger partial charge on any atom is -0.508 e. The van der Waals surface area contributed by atoms with Crippen LogP contribution in [0, 0.1) is 0 Å². The van der Waals surface area contributed by atoms with Crippen molar-refractivity contribution in [3.05, 3.63) is 39.7 Å². The van der Waals surface area contributed by atoms with E-state index in [1.54, 1.807) is 6.07 Å². The molecule has 0 atom stereocenters. The Morgan fingerprint density at radius 1 is 1.31 bits per heavy atom. The van der Waals surface area contributed by atoms with Gasteiger partial charge in [-0.15, -0.1) is 11.6 Å². The lowest BCUT2D eigenvalue weighted by Gasteiger charge is -2.07. The van der Waals surface area contributed by atoms with Crippen LogP contribution in [0.15, 0.2) is 27.4 Å². The largest absolute Gasteiger partial charge is 0.508 e. The Balaban J connectivity index is 2.93. The zero-order valence-electron chi connectivity index (χ0n) is 8.79. The molecule has 4 heteroatoms. The van der Waals surface area contributed by atoms with Crippen molar-refractivity contribution in [2.24, 2.45) is 0 Å². The van der Waals surface area contributed by atoms with Gasteiger partial charge >= 0.3 is 5.63 Å². The monoisotopic (exact) mass is 238 g/mol. The quantitative estimate of drug-likeness (QED) is 0.647. The molecule has 1 heterocycles. The van der Waals surface area contributed by atoms with Gasteiger partial charge in [-0.1, -0.05) is 6.92 Å². The van der Waals surface area contributed by atoms with Gasteiger partial charge in [0.25, 0.3) is 0 Å². The van der Waals surface area contributed by atoms with Crippen molar-refractivity contribution in [2.45, 2.75) is 19.2 Å². The summed E-state index contributed by atoms with van der Waals surface area (Å²) in [6.07, 6.45) is 0.739. The van der Waals surface area contributed by atoms with Gasteiger partial charge in [-0.25, -0.2) is 4.79 Å². The first-order chi connectivity index (χ1) is 7.65. The fourth-order valence-corrected chi connectivity index (χ4v) is 2.05. The molecule has 0 amide bonds. The summed E-state index contributed by atoms with van der Waals surface area (Å²) < 4.78 is 5.05. The molecule has 1 N–H and O–H groups in total. The molecule has 84 valence electrons. The van der Waals surface area contributed by atoms with Gasteiger partial charge in [-0.05, 0) is 23.6 Å². The SMILES string of the molecule is CCc1cc(O)cc2oc(=O)cc(CCl)c12. The smallest absolute Gasteiger partial charge is 0.336 e. The van der Waals surface area contributed by atoms with Crippen LogP contribution in [0.25, 0.3) is 11.0 Å². The zero-order valence-corrected chi connectivity index (χ0v) is 9.54. The number of phenolic OH excluding ortho intramolecular Hbond substituents is 1. The second-order valence-corrected chi connectivity index (χ2v) is 3.82. The average Bonchev–Trinajstić information content (AvgIpc) is 2.26. The van der Waals surface area contributed by atoms with E-state index in [9.17, 15) is 9.90 Å². The number of aryl methyl sites for hydroxylation is 1. The summed E-state index contributed by atoms with van der Waals surface area (Å²) in [5, 5.41) is 10.3. The first-order valence-electron chi connectivity index (χ1n) is 5.00. The Morgan fingerprint density at radius 2 is 2.06 bits per heavy atom. The van der Waals surface area contributed by atoms with E-state index in [1.807, 2.05) is 6.92 Å². The van der Waals surface area contributed by atoms with Gasteiger partial charge in [0.05, 0.1) is 0 Å². The molecule has 16 heavy (non-hydrogen) atoms. The van der Waals surface area contributed by atoms with Gasteiger partial charge in [-0.3, -0.25) is 0 Å². The Hall–Kier alpha value is -1.48. The van der Waals surface area contributed by atoms with Gasteiger partial charge in [-0.2, -0.15) is 0 Å². The molecular weight excluding hydrogens is 228 g/mol. The Labute approximate surface area is 97.3 Å². The van der Waals surface area contributed by atoms with E-state index >= 15 is 0 Å². The molecule has 0 aliphatic rings. The number of alkyl halides is 1. The van der Waals surface area contributed by atoms with Crippen LogP contribution >= 0.6 is 11.6 Å². The highest BCUT2D eigenvalue weighted by Crippen LogP contribution is 2.27. The lowest BCUT2D eigenvalue weighted by Crippen LogP contribution is -2.01. The van der Waals surface area contributed by atoms with Crippen molar-refractivity contribution in [1.29, 1.82) is 0 Å². The molecule has 0 unspecified atom stereocenters. The maximum Gasteiger partial charge on any atom is 0.336 e. The number of aromatic hydroxyl groups is 1. The summed E-state index contributed by atoms with van der Waals surface area (Å²) in [4.78, 5) is 11.3. The number of fused-ring (bicyclic) bond motifs is 1. The first-order valence-corrected chi connectivity index (χ1v) is 5.53. The molecule has 1 aromatic carbocycles. The molecule has 1 aromatic heterocycles. The molecule has 0 spiro atoms. The van der Waals surface area contributed by atoms with Gasteiger partial charge in [0.15, 0.2) is 0 Å². The summed E-state index contributed by atoms with van der Waals surface area (Å²) in [5.74, 6) is 0.346. The van der Waals surface area contributed by atoms with Gasteiger partial charge in [0, 0.05) is 23.4 Å². The van der Waals surface area contributed by atoms with Crippen molar-refractivity contribution < 1.29 is 9.52 Å². The number of hydrogen-bond donors (Lipinski definition) is 1. The second-order valence-electron chi connectivity index (χ2n) is 3.56. The highest BCUT2D eigenvalue weighted by atomic mass is 35.5. The fourth-order valence-electron chi connectivity index (χ4n) is 1.84. The van der Waals surface area contributed by atoms with E-state index in [2.05, 4.69) is 0 Å². The van der Waals surface area contributed by atoms with Gasteiger partial charge < -0.3 is 9.52 Å². The van der Waals surface area contributed by atoms with E-state index in [0.717, 1.165) is 22.9 Å². The molecular formula is C12H11ClO3. The number of rotatable bonds is 2. The Bertz CT molecular complexity index is 587. The standard InChI is InChI=1S/C12H11ClO3/c1-2-7-3-9(14)5-10-12(7)8(6-13)4-11(15)16-10/h3-5,14H,2,6H2,1H3. The summed E-state index contributed by atoms with van der Waals surface area (Å²) in [6, 6.07) is 4.50. The second kappa shape index (κ2) is 4.18. The number of phenols is 1. The van der Waals surface area contributed by atoms with Crippen molar-refractivity contribution in [2.75, 3.05) is 0 Å². The molecule has 2 aromatic rings. The van der Waals surface area contributed by atoms with Crippen LogP contribution in [0.4, 0.5) is 0 Å². The van der Waals surface area contributed by atoms with Crippen LogP contribution in [-0.4, -0.2) is 5.11 Å². The number of benzene rings is 1. The number of halogens is 1. The predicted molar refractivity (Wildman–Crippen MR) is 63.1 cm³/mol. The van der Waals surface area contributed by atoms with Gasteiger partial charge in [0.2, 0.25) is 0 Å². The van der Waals surface area contributed by atoms with E-state index in [0.29, 0.717) is 5.58 Å². The van der Waals surface area contributed by atoms with Crippen LogP contribution in [-0.2, 0) is 12.3 Å². The highest BCUT2D eigenvalue weighted by molar-refractivity contribution is 6.18. The molecule has 0 radical (unpaired) electrons. The minimum absolute atomic E-state index is 0.0965. The topological polar surface area (TPSA) is 50.4 Å². The van der Waals surface area contributed by atoms with Crippen molar-refractivity contribution in [1.82, 2.24) is 0 Å². The number of hydrogen-bond acceptors (Lipinski definition) is 3. The zero-order chi connectivity index (χ0) is 11.7. The summed E-state index contributed by atoms with van der Waals surface area (Å²) >= 11 is 5.80. The van der Waals surface area contributed by atoms with Crippen molar-refractivity contribution >= 4 is 22.6 Å². The highest BCUT2D eigenvalue weighted by Gasteiger charge is 2.10. The Kier molecular flexibility index (Phi) is 2.88. The predicted octanol–water partition coefficient (Wildman–Crippen LogP) is 2.80. The molecule has 0 saturated heterocycles. The van der Waals surface area contributed by atoms with E-state index in [4.69, 9.17) is 16.0 Å². The van der Waals surface area contributed by atoms with E-state index in [-0.39, 0.29) is 11.6 Å². The molecule has 0 aliphatic heterocycles. The van der Waals surface area contributed by atoms with Crippen molar-refractivity contribution in [3.8, 4) is 5.75 Å². The third-order valence-corrected chi connectivity index (χ3v) is 2.81. The first kappa shape index (κ1) is 11.0. The average molecular weight is 239 g/mol. The van der Waals surface area contributed by atoms with E-state index in [1.165, 1.54) is 12.1 Å². The summed E-state index contributed by atoms with van der Waals surface area (Å²) in [5.41, 5.74) is 1.61. The van der Waals surface area contributed by atoms with Gasteiger partial charge in [0.1, 0.15) is 11.3 Å². The third kappa shape index (κ3) is 1.78. The van der Waals surface area contributed by atoms with Crippen LogP contribution < -0.4 is 5.63 Å². The normalized spacial score (nSPS) is 10.9. The summed E-state index contributed by atoms with van der Waals surface area (Å²) in [6.45, 7) is 1.97.